The van der Waals surface area contributed by atoms with Crippen LogP contribution in [0.25, 0.3) is 0 Å². The Morgan fingerprint density at radius 1 is 0.818 bits per heavy atom. The lowest BCUT2D eigenvalue weighted by Gasteiger charge is -2.07. The summed E-state index contributed by atoms with van der Waals surface area (Å²) in [6, 6.07) is 8.82. The Morgan fingerprint density at radius 3 is 1.55 bits per heavy atom. The van der Waals surface area contributed by atoms with Crippen molar-refractivity contribution in [3.05, 3.63) is 35.4 Å². The van der Waals surface area contributed by atoms with Crippen molar-refractivity contribution in [3.8, 4) is 0 Å². The fourth-order valence-corrected chi connectivity index (χ4v) is 1.81. The van der Waals surface area contributed by atoms with E-state index in [1.165, 1.54) is 49.7 Å². The smallest absolute Gasteiger partial charge is 0.106 e. The first-order chi connectivity index (χ1) is 10.7. The van der Waals surface area contributed by atoms with Gasteiger partial charge in [0, 0.05) is 0 Å². The predicted molar refractivity (Wildman–Crippen MR) is 98.6 cm³/mol. The number of aryl methyl sites for hydroxylation is 1. The lowest BCUT2D eigenvalue weighted by Crippen LogP contribution is -1.89. The largest absolute Gasteiger partial charge is 0.307 e. The minimum Gasteiger partial charge on any atom is -0.307 e. The normalized spacial score (nSPS) is 9.86. The molecule has 0 aliphatic rings. The van der Waals surface area contributed by atoms with E-state index in [2.05, 4.69) is 58.9 Å². The van der Waals surface area contributed by atoms with Crippen molar-refractivity contribution >= 4 is 13.6 Å². The maximum Gasteiger partial charge on any atom is 0.106 e. The second-order valence-electron chi connectivity index (χ2n) is 5.28. The zero-order valence-corrected chi connectivity index (χ0v) is 15.4. The molecule has 1 unspecified atom stereocenters. The van der Waals surface area contributed by atoms with E-state index >= 15 is 0 Å². The summed E-state index contributed by atoms with van der Waals surface area (Å²) in [5.41, 5.74) is 2.80. The molecule has 1 aromatic rings. The van der Waals surface area contributed by atoms with Crippen molar-refractivity contribution < 1.29 is 9.59 Å². The highest BCUT2D eigenvalue weighted by Gasteiger charge is 2.00. The number of carbonyl (C=O) groups excluding carboxylic acids is 2. The number of hydrogen-bond acceptors (Lipinski definition) is 2. The van der Waals surface area contributed by atoms with Gasteiger partial charge in [0.2, 0.25) is 0 Å². The van der Waals surface area contributed by atoms with Gasteiger partial charge in [0.1, 0.15) is 13.6 Å². The molecule has 2 nitrogen and oxygen atoms in total. The lowest BCUT2D eigenvalue weighted by molar-refractivity contribution is -0.0987. The van der Waals surface area contributed by atoms with Gasteiger partial charge in [0.15, 0.2) is 0 Å². The zero-order valence-electron chi connectivity index (χ0n) is 15.4. The van der Waals surface area contributed by atoms with Crippen LogP contribution in [0.15, 0.2) is 24.3 Å². The molecule has 1 rings (SSSR count). The first-order valence-corrected chi connectivity index (χ1v) is 8.29. The number of carbonyl (C=O) groups is 2. The molecule has 0 aliphatic carbocycles. The van der Waals surface area contributed by atoms with Gasteiger partial charge >= 0.3 is 0 Å². The molecule has 0 N–H and O–H groups in total. The average Bonchev–Trinajstić information content (AvgIpc) is 2.59. The van der Waals surface area contributed by atoms with E-state index in [0.717, 1.165) is 0 Å². The van der Waals surface area contributed by atoms with E-state index < -0.39 is 0 Å². The van der Waals surface area contributed by atoms with E-state index in [1.54, 1.807) is 0 Å². The minimum absolute atomic E-state index is 0.704. The van der Waals surface area contributed by atoms with E-state index in [1.807, 2.05) is 13.6 Å². The van der Waals surface area contributed by atoms with Crippen molar-refractivity contribution in [2.45, 2.75) is 79.1 Å². The molecule has 2 heteroatoms. The van der Waals surface area contributed by atoms with Gasteiger partial charge in [0.05, 0.1) is 0 Å². The Hall–Kier alpha value is -1.44. The highest BCUT2D eigenvalue weighted by molar-refractivity contribution is 5.23. The maximum atomic E-state index is 8.00. The summed E-state index contributed by atoms with van der Waals surface area (Å²) in [5, 5.41) is 0. The standard InChI is InChI=1S/C11H16.C7H16.2CH2O/c1-4-10(3)11-7-5-9(2)6-8-11;1-3-5-7-6-4-2;2*1-2/h5-8,10H,4H2,1-3H3;3-7H2,1-2H3;2*1H2. The fraction of sp³-hybridized carbons (Fsp3) is 0.600. The number of rotatable bonds is 6. The number of unbranched alkanes of at least 4 members (excludes halogenated alkanes) is 4. The van der Waals surface area contributed by atoms with Gasteiger partial charge in [-0.05, 0) is 24.8 Å². The Balaban J connectivity index is -0.000000285. The van der Waals surface area contributed by atoms with E-state index in [9.17, 15) is 0 Å². The Labute approximate surface area is 138 Å². The van der Waals surface area contributed by atoms with Crippen LogP contribution in [0.3, 0.4) is 0 Å². The Kier molecular flexibility index (Phi) is 25.3. The molecular formula is C20H36O2. The van der Waals surface area contributed by atoms with Crippen LogP contribution in [-0.2, 0) is 9.59 Å². The summed E-state index contributed by atoms with van der Waals surface area (Å²) < 4.78 is 0. The van der Waals surface area contributed by atoms with E-state index in [4.69, 9.17) is 9.59 Å². The summed E-state index contributed by atoms with van der Waals surface area (Å²) >= 11 is 0. The third-order valence-corrected chi connectivity index (χ3v) is 3.47. The molecule has 128 valence electrons. The lowest BCUT2D eigenvalue weighted by atomic mass is 9.98. The molecule has 0 radical (unpaired) electrons. The minimum atomic E-state index is 0.704. The second-order valence-corrected chi connectivity index (χ2v) is 5.28. The molecule has 0 saturated carbocycles. The highest BCUT2D eigenvalue weighted by atomic mass is 16.1. The molecule has 0 heterocycles. The van der Waals surface area contributed by atoms with Crippen molar-refractivity contribution in [2.24, 2.45) is 0 Å². The third kappa shape index (κ3) is 16.6. The van der Waals surface area contributed by atoms with Crippen molar-refractivity contribution in [2.75, 3.05) is 0 Å². The highest BCUT2D eigenvalue weighted by Crippen LogP contribution is 2.18. The van der Waals surface area contributed by atoms with Crippen LogP contribution in [0.2, 0.25) is 0 Å². The predicted octanol–water partition coefficient (Wildman–Crippen LogP) is 6.12. The molecule has 1 atom stereocenters. The fourth-order valence-electron chi connectivity index (χ4n) is 1.81. The maximum absolute atomic E-state index is 8.00. The van der Waals surface area contributed by atoms with E-state index in [0.29, 0.717) is 5.92 Å². The SMILES string of the molecule is C=O.C=O.CCC(C)c1ccc(C)cc1.CCCCCCC. The monoisotopic (exact) mass is 308 g/mol. The van der Waals surface area contributed by atoms with Gasteiger partial charge < -0.3 is 9.59 Å². The van der Waals surface area contributed by atoms with Crippen LogP contribution in [0.5, 0.6) is 0 Å². The molecule has 0 spiro atoms. The Morgan fingerprint density at radius 2 is 1.23 bits per heavy atom. The molecule has 0 saturated heterocycles. The molecule has 0 aliphatic heterocycles. The summed E-state index contributed by atoms with van der Waals surface area (Å²) in [4.78, 5) is 16.0. The van der Waals surface area contributed by atoms with Crippen molar-refractivity contribution in [3.63, 3.8) is 0 Å². The Bertz CT molecular complexity index is 300. The summed E-state index contributed by atoms with van der Waals surface area (Å²) in [7, 11) is 0. The molecule has 0 bridgehead atoms. The summed E-state index contributed by atoms with van der Waals surface area (Å²) in [6.07, 6.45) is 8.23. The number of benzene rings is 1. The molecule has 1 aromatic carbocycles. The van der Waals surface area contributed by atoms with E-state index in [-0.39, 0.29) is 0 Å². The van der Waals surface area contributed by atoms with Crippen LogP contribution >= 0.6 is 0 Å². The first-order valence-electron chi connectivity index (χ1n) is 8.29. The molecular weight excluding hydrogens is 272 g/mol. The molecule has 0 amide bonds. The van der Waals surface area contributed by atoms with Crippen molar-refractivity contribution in [1.82, 2.24) is 0 Å². The van der Waals surface area contributed by atoms with Gasteiger partial charge in [-0.25, -0.2) is 0 Å². The quantitative estimate of drug-likeness (QED) is 0.594. The second kappa shape index (κ2) is 21.9. The van der Waals surface area contributed by atoms with Crippen LogP contribution in [0.4, 0.5) is 0 Å². The van der Waals surface area contributed by atoms with Gasteiger partial charge in [-0.2, -0.15) is 0 Å². The van der Waals surface area contributed by atoms with Crippen molar-refractivity contribution in [1.29, 1.82) is 0 Å². The van der Waals surface area contributed by atoms with Crippen LogP contribution in [0.1, 0.15) is 83.3 Å². The van der Waals surface area contributed by atoms with Gasteiger partial charge in [-0.15, -0.1) is 0 Å². The molecule has 0 aromatic heterocycles. The third-order valence-electron chi connectivity index (χ3n) is 3.47. The molecule has 0 fully saturated rings. The van der Waals surface area contributed by atoms with Gasteiger partial charge in [-0.1, -0.05) is 89.6 Å². The topological polar surface area (TPSA) is 34.1 Å². The summed E-state index contributed by atoms with van der Waals surface area (Å²) in [6.45, 7) is 15.1. The summed E-state index contributed by atoms with van der Waals surface area (Å²) in [5.74, 6) is 0.704. The van der Waals surface area contributed by atoms with Gasteiger partial charge in [-0.3, -0.25) is 0 Å². The van der Waals surface area contributed by atoms with Gasteiger partial charge in [0.25, 0.3) is 0 Å². The zero-order chi connectivity index (χ0) is 17.8. The first kappa shape index (κ1) is 25.5. The number of hydrogen-bond donors (Lipinski definition) is 0. The average molecular weight is 309 g/mol. The molecule has 22 heavy (non-hydrogen) atoms. The van der Waals surface area contributed by atoms with Crippen LogP contribution < -0.4 is 0 Å². The van der Waals surface area contributed by atoms with Crippen LogP contribution in [0, 0.1) is 6.92 Å². The van der Waals surface area contributed by atoms with Crippen LogP contribution in [-0.4, -0.2) is 13.6 Å².